The van der Waals surface area contributed by atoms with Crippen LogP contribution in [0, 0.1) is 0 Å². The molecule has 2 fully saturated rings. The first-order valence-corrected chi connectivity index (χ1v) is 10.2. The smallest absolute Gasteiger partial charge is 0.216 e. The zero-order valence-electron chi connectivity index (χ0n) is 12.9. The fraction of sp³-hybridized carbons (Fsp3) is 0.625. The topological polar surface area (TPSA) is 40.6 Å². The highest BCUT2D eigenvalue weighted by Gasteiger charge is 2.41. The molecule has 1 aromatic rings. The summed E-state index contributed by atoms with van der Waals surface area (Å²) in [5, 5.41) is -0.0988. The van der Waals surface area contributed by atoms with Gasteiger partial charge in [0, 0.05) is 37.2 Å². The van der Waals surface area contributed by atoms with Crippen LogP contribution in [0.1, 0.15) is 31.2 Å². The van der Waals surface area contributed by atoms with Gasteiger partial charge in [-0.25, -0.2) is 12.7 Å². The number of sulfonamides is 1. The van der Waals surface area contributed by atoms with Gasteiger partial charge in [-0.15, -0.1) is 0 Å². The molecule has 2 aliphatic rings. The molecule has 0 N–H and O–H groups in total. The maximum Gasteiger partial charge on any atom is 0.216 e. The summed E-state index contributed by atoms with van der Waals surface area (Å²) in [6.45, 7) is 2.87. The zero-order chi connectivity index (χ0) is 15.7. The third kappa shape index (κ3) is 3.72. The van der Waals surface area contributed by atoms with E-state index in [-0.39, 0.29) is 11.3 Å². The van der Waals surface area contributed by atoms with E-state index < -0.39 is 10.0 Å². The summed E-state index contributed by atoms with van der Waals surface area (Å²) in [6.07, 6.45) is 3.54. The lowest BCUT2D eigenvalue weighted by molar-refractivity contribution is 0.164. The first-order chi connectivity index (χ1) is 10.5. The molecule has 1 saturated carbocycles. The molecule has 1 aliphatic carbocycles. The van der Waals surface area contributed by atoms with Gasteiger partial charge in [0.05, 0.1) is 5.25 Å². The van der Waals surface area contributed by atoms with Gasteiger partial charge in [0.15, 0.2) is 0 Å². The van der Waals surface area contributed by atoms with Gasteiger partial charge in [-0.1, -0.05) is 28.1 Å². The monoisotopic (exact) mass is 386 g/mol. The van der Waals surface area contributed by atoms with E-state index in [0.29, 0.717) is 0 Å². The summed E-state index contributed by atoms with van der Waals surface area (Å²) in [4.78, 5) is 2.41. The minimum Gasteiger partial charge on any atom is -0.299 e. The van der Waals surface area contributed by atoms with Gasteiger partial charge in [-0.3, -0.25) is 4.90 Å². The summed E-state index contributed by atoms with van der Waals surface area (Å²) in [6, 6.07) is 8.59. The van der Waals surface area contributed by atoms with Crippen molar-refractivity contribution in [1.82, 2.24) is 9.21 Å². The Morgan fingerprint density at radius 2 is 1.73 bits per heavy atom. The van der Waals surface area contributed by atoms with E-state index in [1.807, 2.05) is 0 Å². The van der Waals surface area contributed by atoms with Crippen molar-refractivity contribution >= 4 is 26.0 Å². The third-order valence-corrected chi connectivity index (χ3v) is 7.68. The maximum absolute atomic E-state index is 12.3. The standard InChI is InChI=1S/C16H23BrN2O2S/c1-18(22(20,21)16-6-7-16)15-8-10-19(11-9-15)12-13-2-4-14(17)5-3-13/h2-5,15-16H,6-12H2,1H3. The molecule has 1 aromatic carbocycles. The summed E-state index contributed by atoms with van der Waals surface area (Å²) in [5.41, 5.74) is 1.31. The summed E-state index contributed by atoms with van der Waals surface area (Å²) < 4.78 is 27.4. The number of piperidine rings is 1. The molecule has 22 heavy (non-hydrogen) atoms. The summed E-state index contributed by atoms with van der Waals surface area (Å²) >= 11 is 3.45. The van der Waals surface area contributed by atoms with Crippen molar-refractivity contribution < 1.29 is 8.42 Å². The van der Waals surface area contributed by atoms with Crippen molar-refractivity contribution in [1.29, 1.82) is 0 Å². The molecule has 6 heteroatoms. The molecule has 0 amide bonds. The Labute approximate surface area is 141 Å². The number of hydrogen-bond donors (Lipinski definition) is 0. The highest BCUT2D eigenvalue weighted by molar-refractivity contribution is 9.10. The van der Waals surface area contributed by atoms with Crippen LogP contribution in [0.4, 0.5) is 0 Å². The second kappa shape index (κ2) is 6.59. The Kier molecular flexibility index (Phi) is 4.92. The van der Waals surface area contributed by atoms with Crippen molar-refractivity contribution in [3.63, 3.8) is 0 Å². The first kappa shape index (κ1) is 16.4. The Hall–Kier alpha value is -0.430. The third-order valence-electron chi connectivity index (χ3n) is 4.74. The molecule has 0 spiro atoms. The van der Waals surface area contributed by atoms with Gasteiger partial charge < -0.3 is 0 Å². The average molecular weight is 387 g/mol. The molecule has 1 heterocycles. The Morgan fingerprint density at radius 3 is 2.27 bits per heavy atom. The fourth-order valence-corrected chi connectivity index (χ4v) is 5.19. The van der Waals surface area contributed by atoms with Crippen LogP contribution in [0.3, 0.4) is 0 Å². The van der Waals surface area contributed by atoms with Crippen LogP contribution in [-0.4, -0.2) is 49.1 Å². The number of rotatable bonds is 5. The lowest BCUT2D eigenvalue weighted by Gasteiger charge is -2.36. The second-order valence-electron chi connectivity index (χ2n) is 6.39. The molecule has 0 radical (unpaired) electrons. The molecule has 1 aliphatic heterocycles. The van der Waals surface area contributed by atoms with E-state index >= 15 is 0 Å². The van der Waals surface area contributed by atoms with Gasteiger partial charge in [-0.2, -0.15) is 0 Å². The normalized spacial score (nSPS) is 21.4. The largest absolute Gasteiger partial charge is 0.299 e. The summed E-state index contributed by atoms with van der Waals surface area (Å²) in [7, 11) is -1.27. The van der Waals surface area contributed by atoms with Crippen LogP contribution in [0.25, 0.3) is 0 Å². The van der Waals surface area contributed by atoms with Crippen LogP contribution >= 0.6 is 15.9 Å². The van der Waals surface area contributed by atoms with E-state index in [0.717, 1.165) is 49.8 Å². The highest BCUT2D eigenvalue weighted by Crippen LogP contribution is 2.32. The van der Waals surface area contributed by atoms with Crippen LogP contribution in [-0.2, 0) is 16.6 Å². The van der Waals surface area contributed by atoms with Gasteiger partial charge in [0.2, 0.25) is 10.0 Å². The summed E-state index contributed by atoms with van der Waals surface area (Å²) in [5.74, 6) is 0. The van der Waals surface area contributed by atoms with E-state index in [1.165, 1.54) is 5.56 Å². The van der Waals surface area contributed by atoms with Gasteiger partial charge in [-0.05, 0) is 43.4 Å². The lowest BCUT2D eigenvalue weighted by Crippen LogP contribution is -2.46. The number of hydrogen-bond acceptors (Lipinski definition) is 3. The van der Waals surface area contributed by atoms with E-state index in [2.05, 4.69) is 45.1 Å². The van der Waals surface area contributed by atoms with E-state index in [4.69, 9.17) is 0 Å². The molecule has 3 rings (SSSR count). The predicted octanol–water partition coefficient (Wildman–Crippen LogP) is 2.84. The van der Waals surface area contributed by atoms with E-state index in [1.54, 1.807) is 11.4 Å². The number of nitrogens with zero attached hydrogens (tertiary/aromatic N) is 2. The molecule has 0 bridgehead atoms. The molecule has 0 atom stereocenters. The van der Waals surface area contributed by atoms with E-state index in [9.17, 15) is 8.42 Å². The minimum atomic E-state index is -3.04. The molecular formula is C16H23BrN2O2S. The lowest BCUT2D eigenvalue weighted by atomic mass is 10.0. The van der Waals surface area contributed by atoms with Crippen LogP contribution in [0.2, 0.25) is 0 Å². The predicted molar refractivity (Wildman–Crippen MR) is 92.1 cm³/mol. The minimum absolute atomic E-state index is 0.0988. The molecule has 0 aromatic heterocycles. The number of benzene rings is 1. The number of halogens is 1. The van der Waals surface area contributed by atoms with Crippen molar-refractivity contribution in [2.45, 2.75) is 43.5 Å². The first-order valence-electron chi connectivity index (χ1n) is 7.90. The van der Waals surface area contributed by atoms with Gasteiger partial charge in [0.1, 0.15) is 0 Å². The van der Waals surface area contributed by atoms with Crippen molar-refractivity contribution in [3.8, 4) is 0 Å². The van der Waals surface area contributed by atoms with Gasteiger partial charge >= 0.3 is 0 Å². The highest BCUT2D eigenvalue weighted by atomic mass is 79.9. The average Bonchev–Trinajstić information content (AvgIpc) is 3.35. The number of likely N-dealkylation sites (tertiary alicyclic amines) is 1. The maximum atomic E-state index is 12.3. The van der Waals surface area contributed by atoms with Crippen molar-refractivity contribution in [2.75, 3.05) is 20.1 Å². The van der Waals surface area contributed by atoms with Crippen LogP contribution in [0.5, 0.6) is 0 Å². The molecule has 0 unspecified atom stereocenters. The Bertz CT molecular complexity index is 606. The van der Waals surface area contributed by atoms with Gasteiger partial charge in [0.25, 0.3) is 0 Å². The Balaban J connectivity index is 1.53. The van der Waals surface area contributed by atoms with Crippen molar-refractivity contribution in [2.24, 2.45) is 0 Å². The van der Waals surface area contributed by atoms with Crippen LogP contribution < -0.4 is 0 Å². The molecular weight excluding hydrogens is 364 g/mol. The SMILES string of the molecule is CN(C1CCN(Cc2ccc(Br)cc2)CC1)S(=O)(=O)C1CC1. The second-order valence-corrected chi connectivity index (χ2v) is 9.58. The Morgan fingerprint density at radius 1 is 1.14 bits per heavy atom. The molecule has 4 nitrogen and oxygen atoms in total. The fourth-order valence-electron chi connectivity index (χ4n) is 3.10. The quantitative estimate of drug-likeness (QED) is 0.780. The van der Waals surface area contributed by atoms with Crippen molar-refractivity contribution in [3.05, 3.63) is 34.3 Å². The van der Waals surface area contributed by atoms with Crippen LogP contribution in [0.15, 0.2) is 28.7 Å². The zero-order valence-corrected chi connectivity index (χ0v) is 15.3. The molecule has 1 saturated heterocycles. The molecule has 122 valence electrons.